The minimum absolute atomic E-state index is 0.115. The van der Waals surface area contributed by atoms with Crippen LogP contribution < -0.4 is 5.32 Å². The average molecular weight is 183 g/mol. The highest BCUT2D eigenvalue weighted by Gasteiger charge is 2.20. The van der Waals surface area contributed by atoms with Gasteiger partial charge in [-0.25, -0.2) is 0 Å². The molecule has 0 saturated heterocycles. The summed E-state index contributed by atoms with van der Waals surface area (Å²) >= 11 is 0. The molecule has 2 amide bonds. The molecular formula is C9H13NO3. The number of hydrogen-bond acceptors (Lipinski definition) is 3. The van der Waals surface area contributed by atoms with E-state index in [2.05, 4.69) is 5.32 Å². The smallest absolute Gasteiger partial charge is 0.254 e. The molecule has 0 aliphatic carbocycles. The van der Waals surface area contributed by atoms with Gasteiger partial charge in [0.2, 0.25) is 0 Å². The highest BCUT2D eigenvalue weighted by Crippen LogP contribution is 2.12. The van der Waals surface area contributed by atoms with Gasteiger partial charge in [-0.3, -0.25) is 14.9 Å². The highest BCUT2D eigenvalue weighted by atomic mass is 16.5. The van der Waals surface area contributed by atoms with Crippen molar-refractivity contribution < 1.29 is 14.3 Å². The lowest BCUT2D eigenvalue weighted by Gasteiger charge is -2.07. The molecule has 13 heavy (non-hydrogen) atoms. The molecule has 0 spiro atoms. The van der Waals surface area contributed by atoms with Crippen molar-refractivity contribution in [1.82, 2.24) is 5.32 Å². The Morgan fingerprint density at radius 1 is 1.54 bits per heavy atom. The van der Waals surface area contributed by atoms with Crippen LogP contribution in [-0.4, -0.2) is 25.0 Å². The van der Waals surface area contributed by atoms with Crippen molar-refractivity contribution in [3.63, 3.8) is 0 Å². The van der Waals surface area contributed by atoms with Gasteiger partial charge in [0.05, 0.1) is 6.10 Å². The maximum atomic E-state index is 11.0. The summed E-state index contributed by atoms with van der Waals surface area (Å²) in [5.41, 5.74) is 0.550. The van der Waals surface area contributed by atoms with Crippen LogP contribution in [0.25, 0.3) is 0 Å². The molecule has 1 aliphatic heterocycles. The second-order valence-corrected chi connectivity index (χ2v) is 3.07. The van der Waals surface area contributed by atoms with E-state index in [4.69, 9.17) is 4.74 Å². The van der Waals surface area contributed by atoms with E-state index in [-0.39, 0.29) is 17.9 Å². The third-order valence-corrected chi connectivity index (χ3v) is 2.06. The Hall–Kier alpha value is -1.16. The molecule has 0 fully saturated rings. The quantitative estimate of drug-likeness (QED) is 0.641. The van der Waals surface area contributed by atoms with Crippen LogP contribution in [0.1, 0.15) is 19.8 Å². The van der Waals surface area contributed by atoms with E-state index in [1.807, 2.05) is 6.92 Å². The molecule has 1 heterocycles. The van der Waals surface area contributed by atoms with Crippen LogP contribution in [0.4, 0.5) is 0 Å². The SMILES string of the molecule is COC(C)CCC1=CC(=O)NC1=O. The summed E-state index contributed by atoms with van der Waals surface area (Å²) in [4.78, 5) is 21.8. The lowest BCUT2D eigenvalue weighted by molar-refractivity contribution is -0.123. The number of imide groups is 1. The summed E-state index contributed by atoms with van der Waals surface area (Å²) in [6, 6.07) is 0. The molecule has 72 valence electrons. The Kier molecular flexibility index (Phi) is 3.19. The highest BCUT2D eigenvalue weighted by molar-refractivity contribution is 6.16. The second-order valence-electron chi connectivity index (χ2n) is 3.07. The van der Waals surface area contributed by atoms with Crippen LogP contribution in [0.15, 0.2) is 11.6 Å². The van der Waals surface area contributed by atoms with E-state index in [1.54, 1.807) is 7.11 Å². The van der Waals surface area contributed by atoms with Crippen LogP contribution in [0.2, 0.25) is 0 Å². The third-order valence-electron chi connectivity index (χ3n) is 2.06. The van der Waals surface area contributed by atoms with Gasteiger partial charge >= 0.3 is 0 Å². The fourth-order valence-corrected chi connectivity index (χ4v) is 1.11. The van der Waals surface area contributed by atoms with Gasteiger partial charge in [-0.1, -0.05) is 0 Å². The second kappa shape index (κ2) is 4.18. The van der Waals surface area contributed by atoms with Gasteiger partial charge in [0.1, 0.15) is 0 Å². The normalized spacial score (nSPS) is 18.5. The van der Waals surface area contributed by atoms with Gasteiger partial charge in [-0.15, -0.1) is 0 Å². The molecule has 0 aromatic heterocycles. The maximum absolute atomic E-state index is 11.0. The number of ether oxygens (including phenoxy) is 1. The zero-order chi connectivity index (χ0) is 9.84. The Morgan fingerprint density at radius 3 is 2.69 bits per heavy atom. The zero-order valence-electron chi connectivity index (χ0n) is 7.79. The minimum Gasteiger partial charge on any atom is -0.382 e. The standard InChI is InChI=1S/C9H13NO3/c1-6(13-2)3-4-7-5-8(11)10-9(7)12/h5-6H,3-4H2,1-2H3,(H,10,11,12). The van der Waals surface area contributed by atoms with Crippen molar-refractivity contribution in [2.45, 2.75) is 25.9 Å². The number of amides is 2. The van der Waals surface area contributed by atoms with Crippen molar-refractivity contribution in [2.75, 3.05) is 7.11 Å². The molecule has 0 aromatic carbocycles. The molecule has 1 rings (SSSR count). The van der Waals surface area contributed by atoms with Crippen LogP contribution in [0.3, 0.4) is 0 Å². The maximum Gasteiger partial charge on any atom is 0.254 e. The largest absolute Gasteiger partial charge is 0.382 e. The number of methoxy groups -OCH3 is 1. The van der Waals surface area contributed by atoms with Gasteiger partial charge in [-0.2, -0.15) is 0 Å². The van der Waals surface area contributed by atoms with Gasteiger partial charge in [0.15, 0.2) is 0 Å². The summed E-state index contributed by atoms with van der Waals surface area (Å²) in [7, 11) is 1.62. The summed E-state index contributed by atoms with van der Waals surface area (Å²) in [6.45, 7) is 1.93. The van der Waals surface area contributed by atoms with Crippen molar-refractivity contribution in [2.24, 2.45) is 0 Å². The molecule has 1 aliphatic rings. The fourth-order valence-electron chi connectivity index (χ4n) is 1.11. The number of hydrogen-bond donors (Lipinski definition) is 1. The molecule has 4 nitrogen and oxygen atoms in total. The summed E-state index contributed by atoms with van der Waals surface area (Å²) < 4.78 is 5.03. The van der Waals surface area contributed by atoms with Crippen LogP contribution >= 0.6 is 0 Å². The van der Waals surface area contributed by atoms with E-state index < -0.39 is 0 Å². The lowest BCUT2D eigenvalue weighted by Crippen LogP contribution is -2.22. The fraction of sp³-hybridized carbons (Fsp3) is 0.556. The minimum atomic E-state index is -0.315. The number of carbonyl (C=O) groups excluding carboxylic acids is 2. The van der Waals surface area contributed by atoms with Crippen LogP contribution in [0, 0.1) is 0 Å². The summed E-state index contributed by atoms with van der Waals surface area (Å²) in [5, 5.41) is 2.20. The van der Waals surface area contributed by atoms with E-state index in [0.717, 1.165) is 6.42 Å². The molecular weight excluding hydrogens is 170 g/mol. The van der Waals surface area contributed by atoms with Gasteiger partial charge in [0, 0.05) is 18.8 Å². The van der Waals surface area contributed by atoms with Crippen LogP contribution in [0.5, 0.6) is 0 Å². The first-order valence-electron chi connectivity index (χ1n) is 4.22. The number of carbonyl (C=O) groups is 2. The van der Waals surface area contributed by atoms with E-state index >= 15 is 0 Å². The molecule has 0 saturated carbocycles. The predicted octanol–water partition coefficient (Wildman–Crippen LogP) is 0.384. The number of rotatable bonds is 4. The molecule has 0 radical (unpaired) electrons. The monoisotopic (exact) mass is 183 g/mol. The Bertz CT molecular complexity index is 258. The molecule has 0 bridgehead atoms. The van der Waals surface area contributed by atoms with Crippen molar-refractivity contribution in [3.05, 3.63) is 11.6 Å². The lowest BCUT2D eigenvalue weighted by atomic mass is 10.1. The zero-order valence-corrected chi connectivity index (χ0v) is 7.79. The number of nitrogens with one attached hydrogen (secondary N) is 1. The summed E-state index contributed by atoms with van der Waals surface area (Å²) in [6.07, 6.45) is 2.81. The molecule has 1 atom stereocenters. The first-order valence-corrected chi connectivity index (χ1v) is 4.22. The predicted molar refractivity (Wildman–Crippen MR) is 46.9 cm³/mol. The van der Waals surface area contributed by atoms with Crippen molar-refractivity contribution in [3.8, 4) is 0 Å². The Morgan fingerprint density at radius 2 is 2.23 bits per heavy atom. The molecule has 1 N–H and O–H groups in total. The molecule has 4 heteroatoms. The van der Waals surface area contributed by atoms with Gasteiger partial charge in [0.25, 0.3) is 11.8 Å². The van der Waals surface area contributed by atoms with Gasteiger partial charge in [-0.05, 0) is 19.8 Å². The molecule has 1 unspecified atom stereocenters. The van der Waals surface area contributed by atoms with E-state index in [9.17, 15) is 9.59 Å². The first kappa shape index (κ1) is 9.92. The molecule has 0 aromatic rings. The third kappa shape index (κ3) is 2.66. The Balaban J connectivity index is 2.41. The van der Waals surface area contributed by atoms with Crippen molar-refractivity contribution in [1.29, 1.82) is 0 Å². The van der Waals surface area contributed by atoms with Crippen molar-refractivity contribution >= 4 is 11.8 Å². The van der Waals surface area contributed by atoms with E-state index in [0.29, 0.717) is 12.0 Å². The Labute approximate surface area is 76.9 Å². The summed E-state index contributed by atoms with van der Waals surface area (Å²) in [5.74, 6) is -0.585. The van der Waals surface area contributed by atoms with Gasteiger partial charge < -0.3 is 4.74 Å². The topological polar surface area (TPSA) is 55.4 Å². The average Bonchev–Trinajstić information content (AvgIpc) is 2.41. The van der Waals surface area contributed by atoms with Crippen LogP contribution in [-0.2, 0) is 14.3 Å². The van der Waals surface area contributed by atoms with E-state index in [1.165, 1.54) is 6.08 Å². The first-order chi connectivity index (χ1) is 6.13.